The van der Waals surface area contributed by atoms with Crippen LogP contribution in [0, 0.1) is 24.6 Å². The highest BCUT2D eigenvalue weighted by molar-refractivity contribution is 5.89. The fourth-order valence-corrected chi connectivity index (χ4v) is 3.91. The molecule has 10 heteroatoms. The van der Waals surface area contributed by atoms with Gasteiger partial charge in [0.25, 0.3) is 0 Å². The van der Waals surface area contributed by atoms with Crippen LogP contribution in [0.15, 0.2) is 35.0 Å². The lowest BCUT2D eigenvalue weighted by atomic mass is 9.98. The van der Waals surface area contributed by atoms with Crippen LogP contribution in [-0.2, 0) is 4.79 Å². The van der Waals surface area contributed by atoms with Crippen LogP contribution in [0.4, 0.5) is 20.8 Å². The van der Waals surface area contributed by atoms with Crippen molar-refractivity contribution in [1.29, 1.82) is 0 Å². The Bertz CT molecular complexity index is 1170. The van der Waals surface area contributed by atoms with Crippen LogP contribution < -0.4 is 20.9 Å². The van der Waals surface area contributed by atoms with Gasteiger partial charge < -0.3 is 25.3 Å². The van der Waals surface area contributed by atoms with Gasteiger partial charge in [0.05, 0.1) is 30.0 Å². The molecule has 1 saturated heterocycles. The molecule has 3 heterocycles. The number of hydrogen-bond acceptors (Lipinski definition) is 6. The maximum Gasteiger partial charge on any atom is 0.319 e. The summed E-state index contributed by atoms with van der Waals surface area (Å²) >= 11 is 0. The monoisotopic (exact) mass is 454 g/mol. The van der Waals surface area contributed by atoms with Gasteiger partial charge in [-0.3, -0.25) is 4.79 Å². The molecule has 1 aliphatic heterocycles. The van der Waals surface area contributed by atoms with Gasteiger partial charge in [0.1, 0.15) is 17.2 Å². The number of aryl methyl sites for hydroxylation is 1. The number of aromatic nitrogens is 2. The van der Waals surface area contributed by atoms with Crippen molar-refractivity contribution in [1.82, 2.24) is 20.6 Å². The third-order valence-electron chi connectivity index (χ3n) is 5.85. The fourth-order valence-electron chi connectivity index (χ4n) is 3.91. The summed E-state index contributed by atoms with van der Waals surface area (Å²) in [6.45, 7) is 6.91. The zero-order valence-electron chi connectivity index (χ0n) is 19.0. The summed E-state index contributed by atoms with van der Waals surface area (Å²) in [5, 5.41) is 8.99. The van der Waals surface area contributed by atoms with E-state index in [0.29, 0.717) is 41.5 Å². The van der Waals surface area contributed by atoms with Crippen LogP contribution in [0.3, 0.4) is 0 Å². The van der Waals surface area contributed by atoms with E-state index >= 15 is 0 Å². The van der Waals surface area contributed by atoms with E-state index in [-0.39, 0.29) is 23.6 Å². The van der Waals surface area contributed by atoms with Gasteiger partial charge in [-0.15, -0.1) is 0 Å². The highest BCUT2D eigenvalue weighted by Gasteiger charge is 2.33. The average Bonchev–Trinajstić information content (AvgIpc) is 3.07. The predicted molar refractivity (Wildman–Crippen MR) is 122 cm³/mol. The van der Waals surface area contributed by atoms with E-state index in [2.05, 4.69) is 25.9 Å². The smallest absolute Gasteiger partial charge is 0.319 e. The minimum Gasteiger partial charge on any atom is -0.459 e. The third-order valence-corrected chi connectivity index (χ3v) is 5.85. The number of carbonyl (C=O) groups excluding carboxylic acids is 2. The van der Waals surface area contributed by atoms with E-state index in [0.717, 1.165) is 5.56 Å². The highest BCUT2D eigenvalue weighted by Crippen LogP contribution is 2.33. The number of hydrogen-bond donors (Lipinski definition) is 3. The van der Waals surface area contributed by atoms with Crippen molar-refractivity contribution in [2.45, 2.75) is 26.8 Å². The molecule has 4 rings (SSSR count). The largest absolute Gasteiger partial charge is 0.459 e. The Balaban J connectivity index is 1.41. The molecular weight excluding hydrogens is 427 g/mol. The number of urea groups is 1. The van der Waals surface area contributed by atoms with E-state index in [4.69, 9.17) is 4.42 Å². The van der Waals surface area contributed by atoms with Gasteiger partial charge in [-0.1, -0.05) is 13.8 Å². The second-order valence-corrected chi connectivity index (χ2v) is 8.54. The topological polar surface area (TPSA) is 112 Å². The zero-order valence-corrected chi connectivity index (χ0v) is 19.0. The van der Waals surface area contributed by atoms with Crippen LogP contribution in [0.5, 0.6) is 0 Å². The van der Waals surface area contributed by atoms with Crippen LogP contribution in [-0.4, -0.2) is 42.0 Å². The van der Waals surface area contributed by atoms with Gasteiger partial charge in [0.15, 0.2) is 0 Å². The normalized spacial score (nSPS) is 14.8. The van der Waals surface area contributed by atoms with Crippen LogP contribution in [0.25, 0.3) is 11.0 Å². The van der Waals surface area contributed by atoms with E-state index in [1.165, 1.54) is 24.5 Å². The Kier molecular flexibility index (Phi) is 6.17. The van der Waals surface area contributed by atoms with Crippen molar-refractivity contribution >= 4 is 34.5 Å². The molecule has 0 aliphatic carbocycles. The Morgan fingerprint density at radius 1 is 1.21 bits per heavy atom. The minimum atomic E-state index is -0.431. The third kappa shape index (κ3) is 4.59. The van der Waals surface area contributed by atoms with Crippen molar-refractivity contribution in [3.05, 3.63) is 47.7 Å². The van der Waals surface area contributed by atoms with Gasteiger partial charge in [0, 0.05) is 31.1 Å². The molecule has 1 atom stereocenters. The van der Waals surface area contributed by atoms with E-state index in [1.54, 1.807) is 13.1 Å². The summed E-state index contributed by atoms with van der Waals surface area (Å²) in [6.07, 6.45) is 3.05. The van der Waals surface area contributed by atoms with Crippen molar-refractivity contribution in [3.8, 4) is 0 Å². The number of halogens is 1. The molecule has 3 N–H and O–H groups in total. The molecule has 1 aliphatic rings. The molecule has 0 unspecified atom stereocenters. The van der Waals surface area contributed by atoms with Gasteiger partial charge in [-0.2, -0.15) is 0 Å². The van der Waals surface area contributed by atoms with Crippen molar-refractivity contribution in [3.63, 3.8) is 0 Å². The first-order valence-electron chi connectivity index (χ1n) is 10.8. The molecule has 9 nitrogen and oxygen atoms in total. The van der Waals surface area contributed by atoms with E-state index in [9.17, 15) is 14.0 Å². The summed E-state index contributed by atoms with van der Waals surface area (Å²) in [7, 11) is 1.62. The Morgan fingerprint density at radius 2 is 1.91 bits per heavy atom. The predicted octanol–water partition coefficient (Wildman–Crippen LogP) is 3.37. The summed E-state index contributed by atoms with van der Waals surface area (Å²) in [5.74, 6) is 0.731. The molecule has 2 aromatic heterocycles. The van der Waals surface area contributed by atoms with Gasteiger partial charge in [-0.25, -0.2) is 19.2 Å². The Morgan fingerprint density at radius 3 is 2.55 bits per heavy atom. The zero-order chi connectivity index (χ0) is 23.7. The molecule has 0 radical (unpaired) electrons. The maximum atomic E-state index is 13.7. The first-order valence-corrected chi connectivity index (χ1v) is 10.8. The van der Waals surface area contributed by atoms with Crippen LogP contribution in [0.1, 0.15) is 31.2 Å². The number of nitrogens with one attached hydrogen (secondary N) is 3. The van der Waals surface area contributed by atoms with E-state index in [1.807, 2.05) is 25.7 Å². The molecular formula is C23H27FN6O3. The number of nitrogens with zero attached hydrogens (tertiary/aromatic N) is 3. The number of carbonyl (C=O) groups is 2. The van der Waals surface area contributed by atoms with Crippen molar-refractivity contribution in [2.75, 3.05) is 30.4 Å². The van der Waals surface area contributed by atoms with Gasteiger partial charge >= 0.3 is 6.03 Å². The first kappa shape index (κ1) is 22.5. The lowest BCUT2D eigenvalue weighted by molar-refractivity contribution is -0.125. The number of amides is 3. The molecule has 3 aromatic rings. The Hall–Kier alpha value is -3.69. The lowest BCUT2D eigenvalue weighted by Crippen LogP contribution is -2.53. The lowest BCUT2D eigenvalue weighted by Gasteiger charge is -2.37. The second-order valence-electron chi connectivity index (χ2n) is 8.54. The number of benzene rings is 1. The minimum absolute atomic E-state index is 0.00531. The van der Waals surface area contributed by atoms with Crippen LogP contribution >= 0.6 is 0 Å². The summed E-state index contributed by atoms with van der Waals surface area (Å²) in [5.41, 5.74) is 1.80. The van der Waals surface area contributed by atoms with Crippen LogP contribution in [0.2, 0.25) is 0 Å². The highest BCUT2D eigenvalue weighted by atomic mass is 19.1. The standard InChI is InChI=1S/C23H27FN6O3/c1-12(2)19(20-13(3)17-7-15(24)5-6-18(17)33-20)29-23(32)28-16-8-26-22(27-9-16)30-10-14(11-30)21(31)25-4/h5-9,12,14,19H,10-11H2,1-4H3,(H,25,31)(H2,28,29,32)/t19-/m1/s1. The van der Waals surface area contributed by atoms with Gasteiger partial charge in [-0.05, 0) is 31.0 Å². The molecule has 0 saturated carbocycles. The average molecular weight is 455 g/mol. The number of furan rings is 1. The maximum absolute atomic E-state index is 13.7. The molecule has 0 spiro atoms. The number of fused-ring (bicyclic) bond motifs is 1. The summed E-state index contributed by atoms with van der Waals surface area (Å²) in [6, 6.07) is 3.53. The molecule has 1 fully saturated rings. The molecule has 33 heavy (non-hydrogen) atoms. The van der Waals surface area contributed by atoms with Crippen molar-refractivity contribution < 1.29 is 18.4 Å². The van der Waals surface area contributed by atoms with Gasteiger partial charge in [0.2, 0.25) is 11.9 Å². The quantitative estimate of drug-likeness (QED) is 0.527. The molecule has 3 amide bonds. The Labute approximate surface area is 190 Å². The van der Waals surface area contributed by atoms with E-state index < -0.39 is 12.1 Å². The number of anilines is 2. The first-order chi connectivity index (χ1) is 15.8. The summed E-state index contributed by atoms with van der Waals surface area (Å²) in [4.78, 5) is 34.8. The second kappa shape index (κ2) is 9.05. The molecule has 174 valence electrons. The molecule has 1 aromatic carbocycles. The fraction of sp³-hybridized carbons (Fsp3) is 0.391. The van der Waals surface area contributed by atoms with Crippen molar-refractivity contribution in [2.24, 2.45) is 11.8 Å². The summed E-state index contributed by atoms with van der Waals surface area (Å²) < 4.78 is 19.6. The molecule has 0 bridgehead atoms. The number of rotatable bonds is 6. The SMILES string of the molecule is CNC(=O)C1CN(c2ncc(NC(=O)N[C@@H](c3oc4ccc(F)cc4c3C)C(C)C)cn2)C1.